The van der Waals surface area contributed by atoms with E-state index in [-0.39, 0.29) is 17.8 Å². The van der Waals surface area contributed by atoms with Crippen molar-refractivity contribution in [2.75, 3.05) is 0 Å². The van der Waals surface area contributed by atoms with Crippen LogP contribution < -0.4 is 0 Å². The van der Waals surface area contributed by atoms with Crippen molar-refractivity contribution in [3.63, 3.8) is 0 Å². The van der Waals surface area contributed by atoms with Gasteiger partial charge in [-0.2, -0.15) is 0 Å². The van der Waals surface area contributed by atoms with Gasteiger partial charge in [-0.15, -0.1) is 0 Å². The molecule has 120 valence electrons. The molecule has 1 aromatic carbocycles. The van der Waals surface area contributed by atoms with Gasteiger partial charge in [0.05, 0.1) is 30.4 Å². The molecule has 4 nitrogen and oxygen atoms in total. The topological polar surface area (TPSA) is 50.9 Å². The average Bonchev–Trinajstić information content (AvgIpc) is 3.17. The van der Waals surface area contributed by atoms with Gasteiger partial charge in [0.2, 0.25) is 0 Å². The molecular formula is C19H16FN3O. The van der Waals surface area contributed by atoms with E-state index in [1.54, 1.807) is 24.8 Å². The predicted molar refractivity (Wildman–Crippen MR) is 86.8 cm³/mol. The lowest BCUT2D eigenvalue weighted by Gasteiger charge is -2.34. The first-order valence-corrected chi connectivity index (χ1v) is 8.17. The monoisotopic (exact) mass is 321 g/mol. The SMILES string of the molecule is OC1c2cccnc2CCC1C1c2ccc(F)cc2-c2cncn21. The number of rotatable bonds is 1. The highest BCUT2D eigenvalue weighted by Crippen LogP contribution is 2.49. The third kappa shape index (κ3) is 1.82. The molecular weight excluding hydrogens is 305 g/mol. The van der Waals surface area contributed by atoms with Crippen molar-refractivity contribution in [1.29, 1.82) is 0 Å². The molecule has 0 saturated heterocycles. The Balaban J connectivity index is 1.64. The first kappa shape index (κ1) is 13.9. The number of nitrogens with zero attached hydrogens (tertiary/aromatic N) is 3. The molecule has 1 aliphatic heterocycles. The summed E-state index contributed by atoms with van der Waals surface area (Å²) < 4.78 is 15.8. The van der Waals surface area contributed by atoms with E-state index in [0.717, 1.165) is 40.9 Å². The van der Waals surface area contributed by atoms with Crippen LogP contribution in [-0.4, -0.2) is 19.6 Å². The van der Waals surface area contributed by atoms with Gasteiger partial charge in [0.1, 0.15) is 5.82 Å². The van der Waals surface area contributed by atoms with Crippen molar-refractivity contribution in [2.24, 2.45) is 5.92 Å². The molecule has 2 aromatic heterocycles. The average molecular weight is 321 g/mol. The molecule has 0 spiro atoms. The second-order valence-electron chi connectivity index (χ2n) is 6.55. The Morgan fingerprint density at radius 2 is 2.12 bits per heavy atom. The summed E-state index contributed by atoms with van der Waals surface area (Å²) in [7, 11) is 0. The molecule has 5 rings (SSSR count). The summed E-state index contributed by atoms with van der Waals surface area (Å²) in [5.41, 5.74) is 4.74. The number of aromatic nitrogens is 3. The normalized spacial score (nSPS) is 24.3. The molecule has 3 aromatic rings. The van der Waals surface area contributed by atoms with Crippen LogP contribution in [0.4, 0.5) is 4.39 Å². The Kier molecular flexibility index (Phi) is 2.88. The third-order valence-corrected chi connectivity index (χ3v) is 5.35. The number of benzene rings is 1. The Hall–Kier alpha value is -2.53. The Labute approximate surface area is 138 Å². The summed E-state index contributed by atoms with van der Waals surface area (Å²) in [5, 5.41) is 11.0. The van der Waals surface area contributed by atoms with Crippen molar-refractivity contribution in [3.05, 3.63) is 71.7 Å². The lowest BCUT2D eigenvalue weighted by atomic mass is 9.77. The fourth-order valence-corrected chi connectivity index (χ4v) is 4.28. The van der Waals surface area contributed by atoms with Gasteiger partial charge in [-0.3, -0.25) is 4.98 Å². The van der Waals surface area contributed by atoms with E-state index in [1.807, 2.05) is 18.2 Å². The summed E-state index contributed by atoms with van der Waals surface area (Å²) in [6, 6.07) is 8.69. The van der Waals surface area contributed by atoms with Crippen LogP contribution in [0.2, 0.25) is 0 Å². The summed E-state index contributed by atoms with van der Waals surface area (Å²) >= 11 is 0. The molecule has 24 heavy (non-hydrogen) atoms. The van der Waals surface area contributed by atoms with Gasteiger partial charge in [-0.1, -0.05) is 12.1 Å². The van der Waals surface area contributed by atoms with Gasteiger partial charge < -0.3 is 9.67 Å². The Bertz CT molecular complexity index is 936. The first-order valence-electron chi connectivity index (χ1n) is 8.17. The molecule has 3 atom stereocenters. The van der Waals surface area contributed by atoms with Gasteiger partial charge in [0.15, 0.2) is 0 Å². The minimum atomic E-state index is -0.585. The fraction of sp³-hybridized carbons (Fsp3) is 0.263. The highest BCUT2D eigenvalue weighted by molar-refractivity contribution is 5.69. The molecule has 1 aliphatic carbocycles. The van der Waals surface area contributed by atoms with E-state index in [0.29, 0.717) is 0 Å². The van der Waals surface area contributed by atoms with Crippen LogP contribution in [0.3, 0.4) is 0 Å². The lowest BCUT2D eigenvalue weighted by Crippen LogP contribution is -2.29. The van der Waals surface area contributed by atoms with Gasteiger partial charge in [0, 0.05) is 28.9 Å². The highest BCUT2D eigenvalue weighted by atomic mass is 19.1. The second-order valence-corrected chi connectivity index (χ2v) is 6.55. The molecule has 3 heterocycles. The zero-order chi connectivity index (χ0) is 16.3. The Morgan fingerprint density at radius 1 is 1.21 bits per heavy atom. The number of fused-ring (bicyclic) bond motifs is 4. The number of halogens is 1. The van der Waals surface area contributed by atoms with Crippen LogP contribution in [-0.2, 0) is 6.42 Å². The molecule has 3 unspecified atom stereocenters. The molecule has 0 amide bonds. The van der Waals surface area contributed by atoms with Crippen LogP contribution in [0, 0.1) is 11.7 Å². The number of imidazole rings is 1. The summed E-state index contributed by atoms with van der Waals surface area (Å²) in [5.74, 6) is -0.234. The van der Waals surface area contributed by atoms with E-state index < -0.39 is 6.10 Å². The van der Waals surface area contributed by atoms with Crippen LogP contribution in [0.1, 0.15) is 35.4 Å². The maximum atomic E-state index is 13.7. The summed E-state index contributed by atoms with van der Waals surface area (Å²) in [6.45, 7) is 0. The maximum absolute atomic E-state index is 13.7. The number of hydrogen-bond acceptors (Lipinski definition) is 3. The third-order valence-electron chi connectivity index (χ3n) is 5.35. The summed E-state index contributed by atoms with van der Waals surface area (Å²) in [6.07, 6.45) is 6.41. The van der Waals surface area contributed by atoms with Crippen LogP contribution >= 0.6 is 0 Å². The highest BCUT2D eigenvalue weighted by Gasteiger charge is 2.40. The van der Waals surface area contributed by atoms with Crippen LogP contribution in [0.25, 0.3) is 11.3 Å². The van der Waals surface area contributed by atoms with E-state index in [9.17, 15) is 9.50 Å². The van der Waals surface area contributed by atoms with Gasteiger partial charge in [0.25, 0.3) is 0 Å². The van der Waals surface area contributed by atoms with E-state index in [2.05, 4.69) is 14.5 Å². The van der Waals surface area contributed by atoms with Crippen molar-refractivity contribution < 1.29 is 9.50 Å². The van der Waals surface area contributed by atoms with Gasteiger partial charge >= 0.3 is 0 Å². The smallest absolute Gasteiger partial charge is 0.123 e. The van der Waals surface area contributed by atoms with Crippen molar-refractivity contribution in [2.45, 2.75) is 25.0 Å². The zero-order valence-corrected chi connectivity index (χ0v) is 12.9. The van der Waals surface area contributed by atoms with Crippen molar-refractivity contribution >= 4 is 0 Å². The fourth-order valence-electron chi connectivity index (χ4n) is 4.28. The molecule has 5 heteroatoms. The number of aliphatic hydroxyl groups is 1. The summed E-state index contributed by atoms with van der Waals surface area (Å²) in [4.78, 5) is 8.63. The second kappa shape index (κ2) is 4.98. The maximum Gasteiger partial charge on any atom is 0.123 e. The molecule has 1 N–H and O–H groups in total. The number of aryl methyl sites for hydroxylation is 1. The largest absolute Gasteiger partial charge is 0.388 e. The zero-order valence-electron chi connectivity index (χ0n) is 12.9. The van der Waals surface area contributed by atoms with Crippen molar-refractivity contribution in [1.82, 2.24) is 14.5 Å². The first-order chi connectivity index (χ1) is 11.7. The number of hydrogen-bond donors (Lipinski definition) is 1. The standard InChI is InChI=1S/C19H16FN3O/c20-11-3-4-12-15(8-11)17-9-21-10-23(17)18(12)14-5-6-16-13(19(14)24)2-1-7-22-16/h1-4,7-10,14,18-19,24H,5-6H2. The van der Waals surface area contributed by atoms with Crippen LogP contribution in [0.5, 0.6) is 0 Å². The molecule has 0 radical (unpaired) electrons. The van der Waals surface area contributed by atoms with Crippen molar-refractivity contribution in [3.8, 4) is 11.3 Å². The van der Waals surface area contributed by atoms with Gasteiger partial charge in [-0.05, 0) is 36.6 Å². The van der Waals surface area contributed by atoms with Crippen LogP contribution in [0.15, 0.2) is 49.1 Å². The number of aliphatic hydroxyl groups excluding tert-OH is 1. The van der Waals surface area contributed by atoms with Gasteiger partial charge in [-0.25, -0.2) is 9.37 Å². The minimum absolute atomic E-state index is 0.0151. The molecule has 0 saturated carbocycles. The minimum Gasteiger partial charge on any atom is -0.388 e. The molecule has 0 fully saturated rings. The Morgan fingerprint density at radius 3 is 3.04 bits per heavy atom. The quantitative estimate of drug-likeness (QED) is 0.748. The number of pyridine rings is 1. The molecule has 0 bridgehead atoms. The van der Waals surface area contributed by atoms with E-state index in [4.69, 9.17) is 0 Å². The predicted octanol–water partition coefficient (Wildman–Crippen LogP) is 3.28. The van der Waals surface area contributed by atoms with E-state index >= 15 is 0 Å². The lowest BCUT2D eigenvalue weighted by molar-refractivity contribution is 0.0710. The van der Waals surface area contributed by atoms with E-state index in [1.165, 1.54) is 6.07 Å². The molecule has 2 aliphatic rings.